The molecular formula is C19H15F3N4O2. The normalized spacial score (nSPS) is 10.5. The van der Waals surface area contributed by atoms with E-state index in [4.69, 9.17) is 4.74 Å². The number of rotatable bonds is 5. The number of amides is 1. The molecule has 0 radical (unpaired) electrons. The molecule has 3 aromatic rings. The first-order chi connectivity index (χ1) is 13.4. The Bertz CT molecular complexity index is 1040. The quantitative estimate of drug-likeness (QED) is 0.641. The van der Waals surface area contributed by atoms with Crippen molar-refractivity contribution in [2.24, 2.45) is 0 Å². The van der Waals surface area contributed by atoms with Crippen LogP contribution in [0.15, 0.2) is 42.5 Å². The highest BCUT2D eigenvalue weighted by molar-refractivity contribution is 6.03. The standard InChI is InChI=1S/C19H15F3N4O2/c1-10-9-14(18(27)24-13-8-7-11(20)16(21)17(13)22)26-19(23-10)25-12-5-3-4-6-15(12)28-2/h3-9H,1-2H3,(H,24,27)(H,23,25,26). The van der Waals surface area contributed by atoms with Crippen molar-refractivity contribution in [2.75, 3.05) is 17.7 Å². The summed E-state index contributed by atoms with van der Waals surface area (Å²) in [5.41, 5.74) is 0.449. The fraction of sp³-hybridized carbons (Fsp3) is 0.105. The van der Waals surface area contributed by atoms with Crippen LogP contribution in [0.25, 0.3) is 0 Å². The van der Waals surface area contributed by atoms with Crippen LogP contribution in [-0.2, 0) is 0 Å². The van der Waals surface area contributed by atoms with Gasteiger partial charge >= 0.3 is 0 Å². The average molecular weight is 388 g/mol. The Labute approximate surface area is 158 Å². The lowest BCUT2D eigenvalue weighted by Crippen LogP contribution is -2.17. The van der Waals surface area contributed by atoms with Gasteiger partial charge < -0.3 is 15.4 Å². The maximum Gasteiger partial charge on any atom is 0.274 e. The van der Waals surface area contributed by atoms with Crippen LogP contribution in [0.4, 0.5) is 30.5 Å². The van der Waals surface area contributed by atoms with E-state index in [2.05, 4.69) is 20.6 Å². The zero-order valence-corrected chi connectivity index (χ0v) is 14.9. The molecule has 0 saturated heterocycles. The molecule has 1 amide bonds. The van der Waals surface area contributed by atoms with E-state index in [1.54, 1.807) is 31.2 Å². The van der Waals surface area contributed by atoms with Gasteiger partial charge in [-0.05, 0) is 37.3 Å². The highest BCUT2D eigenvalue weighted by Gasteiger charge is 2.18. The summed E-state index contributed by atoms with van der Waals surface area (Å²) < 4.78 is 45.4. The molecule has 0 saturated carbocycles. The van der Waals surface area contributed by atoms with E-state index >= 15 is 0 Å². The Morgan fingerprint density at radius 1 is 1.00 bits per heavy atom. The highest BCUT2D eigenvalue weighted by Crippen LogP contribution is 2.26. The minimum absolute atomic E-state index is 0.0889. The van der Waals surface area contributed by atoms with Crippen LogP contribution in [0, 0.1) is 24.4 Å². The molecule has 6 nitrogen and oxygen atoms in total. The van der Waals surface area contributed by atoms with Crippen molar-refractivity contribution in [1.82, 2.24) is 9.97 Å². The van der Waals surface area contributed by atoms with E-state index in [-0.39, 0.29) is 11.6 Å². The molecule has 0 aliphatic rings. The SMILES string of the molecule is COc1ccccc1Nc1nc(C)cc(C(=O)Nc2ccc(F)c(F)c2F)n1. The van der Waals surface area contributed by atoms with Crippen molar-refractivity contribution in [3.8, 4) is 5.75 Å². The zero-order valence-electron chi connectivity index (χ0n) is 14.9. The van der Waals surface area contributed by atoms with Gasteiger partial charge in [-0.25, -0.2) is 23.1 Å². The topological polar surface area (TPSA) is 76.1 Å². The molecule has 3 rings (SSSR count). The van der Waals surface area contributed by atoms with E-state index in [0.717, 1.165) is 6.07 Å². The molecule has 1 aromatic heterocycles. The number of benzene rings is 2. The summed E-state index contributed by atoms with van der Waals surface area (Å²) in [6, 6.07) is 10.1. The number of nitrogens with zero attached hydrogens (tertiary/aromatic N) is 2. The number of para-hydroxylation sites is 2. The van der Waals surface area contributed by atoms with Crippen molar-refractivity contribution in [3.63, 3.8) is 0 Å². The predicted molar refractivity (Wildman–Crippen MR) is 97.3 cm³/mol. The molecule has 2 N–H and O–H groups in total. The molecular weight excluding hydrogens is 373 g/mol. The number of hydrogen-bond donors (Lipinski definition) is 2. The largest absolute Gasteiger partial charge is 0.495 e. The Balaban J connectivity index is 1.87. The van der Waals surface area contributed by atoms with Crippen LogP contribution in [0.1, 0.15) is 16.2 Å². The molecule has 0 spiro atoms. The van der Waals surface area contributed by atoms with E-state index in [1.807, 2.05) is 0 Å². The lowest BCUT2D eigenvalue weighted by atomic mass is 10.2. The van der Waals surface area contributed by atoms with Crippen LogP contribution in [0.2, 0.25) is 0 Å². The third kappa shape index (κ3) is 4.03. The monoisotopic (exact) mass is 388 g/mol. The number of ether oxygens (including phenoxy) is 1. The number of aromatic nitrogens is 2. The molecule has 144 valence electrons. The smallest absolute Gasteiger partial charge is 0.274 e. The number of hydrogen-bond acceptors (Lipinski definition) is 5. The van der Waals surface area contributed by atoms with Gasteiger partial charge in [0.2, 0.25) is 5.95 Å². The van der Waals surface area contributed by atoms with Crippen LogP contribution >= 0.6 is 0 Å². The summed E-state index contributed by atoms with van der Waals surface area (Å²) in [7, 11) is 1.51. The van der Waals surface area contributed by atoms with Gasteiger partial charge in [0.05, 0.1) is 18.5 Å². The Hall–Kier alpha value is -3.62. The van der Waals surface area contributed by atoms with Crippen molar-refractivity contribution in [3.05, 3.63) is 71.3 Å². The fourth-order valence-electron chi connectivity index (χ4n) is 2.42. The Kier molecular flexibility index (Phi) is 5.44. The molecule has 2 aromatic carbocycles. The van der Waals surface area contributed by atoms with E-state index in [9.17, 15) is 18.0 Å². The van der Waals surface area contributed by atoms with Gasteiger partial charge in [-0.3, -0.25) is 4.79 Å². The van der Waals surface area contributed by atoms with Crippen LogP contribution < -0.4 is 15.4 Å². The van der Waals surface area contributed by atoms with Gasteiger partial charge in [-0.2, -0.15) is 0 Å². The van der Waals surface area contributed by atoms with Crippen molar-refractivity contribution < 1.29 is 22.7 Å². The molecule has 0 unspecified atom stereocenters. The number of carbonyl (C=O) groups is 1. The molecule has 0 aliphatic heterocycles. The minimum atomic E-state index is -1.67. The molecule has 1 heterocycles. The second kappa shape index (κ2) is 7.95. The molecule has 0 fully saturated rings. The van der Waals surface area contributed by atoms with Gasteiger partial charge in [0, 0.05) is 5.69 Å². The second-order valence-electron chi connectivity index (χ2n) is 5.72. The maximum absolute atomic E-state index is 13.8. The summed E-state index contributed by atoms with van der Waals surface area (Å²) in [6.45, 7) is 1.64. The average Bonchev–Trinajstić information content (AvgIpc) is 2.68. The van der Waals surface area contributed by atoms with Crippen molar-refractivity contribution >= 4 is 23.2 Å². The highest BCUT2D eigenvalue weighted by atomic mass is 19.2. The first-order valence-electron chi connectivity index (χ1n) is 8.09. The zero-order chi connectivity index (χ0) is 20.3. The Morgan fingerprint density at radius 2 is 1.75 bits per heavy atom. The molecule has 0 aliphatic carbocycles. The molecule has 9 heteroatoms. The van der Waals surface area contributed by atoms with Crippen LogP contribution in [0.3, 0.4) is 0 Å². The lowest BCUT2D eigenvalue weighted by Gasteiger charge is -2.11. The summed E-state index contributed by atoms with van der Waals surface area (Å²) >= 11 is 0. The first kappa shape index (κ1) is 19.2. The number of halogens is 3. The van der Waals surface area contributed by atoms with Gasteiger partial charge in [-0.1, -0.05) is 12.1 Å². The van der Waals surface area contributed by atoms with Crippen molar-refractivity contribution in [1.29, 1.82) is 0 Å². The molecule has 0 bridgehead atoms. The van der Waals surface area contributed by atoms with E-state index < -0.39 is 29.0 Å². The van der Waals surface area contributed by atoms with Crippen LogP contribution in [0.5, 0.6) is 5.75 Å². The predicted octanol–water partition coefficient (Wildman–Crippen LogP) is 4.21. The fourth-order valence-corrected chi connectivity index (χ4v) is 2.42. The number of methoxy groups -OCH3 is 1. The first-order valence-corrected chi connectivity index (χ1v) is 8.09. The Morgan fingerprint density at radius 3 is 2.50 bits per heavy atom. The van der Waals surface area contributed by atoms with Gasteiger partial charge in [-0.15, -0.1) is 0 Å². The number of nitrogens with one attached hydrogen (secondary N) is 2. The van der Waals surface area contributed by atoms with E-state index in [0.29, 0.717) is 23.2 Å². The third-order valence-electron chi connectivity index (χ3n) is 3.72. The number of carbonyl (C=O) groups excluding carboxylic acids is 1. The lowest BCUT2D eigenvalue weighted by molar-refractivity contribution is 0.102. The third-order valence-corrected chi connectivity index (χ3v) is 3.72. The maximum atomic E-state index is 13.8. The summed E-state index contributed by atoms with van der Waals surface area (Å²) in [4.78, 5) is 20.7. The minimum Gasteiger partial charge on any atom is -0.495 e. The molecule has 28 heavy (non-hydrogen) atoms. The number of anilines is 3. The summed E-state index contributed by atoms with van der Waals surface area (Å²) in [5, 5.41) is 5.11. The summed E-state index contributed by atoms with van der Waals surface area (Å²) in [6.07, 6.45) is 0. The van der Waals surface area contributed by atoms with Gasteiger partial charge in [0.15, 0.2) is 17.5 Å². The second-order valence-corrected chi connectivity index (χ2v) is 5.72. The number of aryl methyl sites for hydroxylation is 1. The van der Waals surface area contributed by atoms with Crippen LogP contribution in [-0.4, -0.2) is 23.0 Å². The van der Waals surface area contributed by atoms with E-state index in [1.165, 1.54) is 13.2 Å². The summed E-state index contributed by atoms with van der Waals surface area (Å²) in [5.74, 6) is -4.67. The van der Waals surface area contributed by atoms with Gasteiger partial charge in [0.1, 0.15) is 11.4 Å². The van der Waals surface area contributed by atoms with Crippen molar-refractivity contribution in [2.45, 2.75) is 6.92 Å². The van der Waals surface area contributed by atoms with Gasteiger partial charge in [0.25, 0.3) is 5.91 Å². The molecule has 0 atom stereocenters.